The number of rotatable bonds is 7. The molecule has 158 valence electrons. The van der Waals surface area contributed by atoms with Gasteiger partial charge in [-0.1, -0.05) is 0 Å². The summed E-state index contributed by atoms with van der Waals surface area (Å²) in [5.74, 6) is 2.00. The van der Waals surface area contributed by atoms with Crippen LogP contribution in [-0.4, -0.2) is 62.5 Å². The molecule has 30 heavy (non-hydrogen) atoms. The number of benzene rings is 1. The Morgan fingerprint density at radius 3 is 3.00 bits per heavy atom. The molecule has 2 aromatic rings. The predicted molar refractivity (Wildman–Crippen MR) is 105 cm³/mol. The number of carbonyl (C=O) groups excluding carboxylic acids is 2. The summed E-state index contributed by atoms with van der Waals surface area (Å²) in [5, 5.41) is 2.58. The van der Waals surface area contributed by atoms with Crippen molar-refractivity contribution in [1.82, 2.24) is 10.2 Å². The van der Waals surface area contributed by atoms with E-state index in [0.29, 0.717) is 49.3 Å². The van der Waals surface area contributed by atoms with E-state index in [0.717, 1.165) is 0 Å². The van der Waals surface area contributed by atoms with Crippen molar-refractivity contribution >= 4 is 17.9 Å². The van der Waals surface area contributed by atoms with Crippen molar-refractivity contribution in [3.63, 3.8) is 0 Å². The highest BCUT2D eigenvalue weighted by atomic mass is 16.7. The Kier molecular flexibility index (Phi) is 6.19. The molecule has 1 N–H and O–H groups in total. The van der Waals surface area contributed by atoms with Crippen LogP contribution in [0.1, 0.15) is 5.76 Å². The summed E-state index contributed by atoms with van der Waals surface area (Å²) in [5.41, 5.74) is 0. The van der Waals surface area contributed by atoms with Crippen LogP contribution in [-0.2, 0) is 14.3 Å². The lowest BCUT2D eigenvalue weighted by molar-refractivity contribution is -0.140. The molecule has 0 bridgehead atoms. The summed E-state index contributed by atoms with van der Waals surface area (Å²) in [7, 11) is 0. The van der Waals surface area contributed by atoms with Crippen LogP contribution in [0.5, 0.6) is 17.2 Å². The number of amides is 2. The van der Waals surface area contributed by atoms with Gasteiger partial charge in [0.15, 0.2) is 11.5 Å². The Hall–Kier alpha value is -3.46. The molecule has 3 heterocycles. The molecule has 2 aliphatic rings. The van der Waals surface area contributed by atoms with Gasteiger partial charge in [0.25, 0.3) is 0 Å². The number of hydrogen-bond donors (Lipinski definition) is 1. The molecule has 1 saturated heterocycles. The van der Waals surface area contributed by atoms with Crippen LogP contribution in [0, 0.1) is 0 Å². The molecule has 4 rings (SSSR count). The van der Waals surface area contributed by atoms with E-state index < -0.39 is 0 Å². The van der Waals surface area contributed by atoms with E-state index in [9.17, 15) is 9.59 Å². The molecule has 2 aliphatic heterocycles. The van der Waals surface area contributed by atoms with E-state index in [1.165, 1.54) is 18.4 Å². The normalized spacial score (nSPS) is 17.9. The first-order valence-electron chi connectivity index (χ1n) is 9.58. The molecule has 2 amide bonds. The van der Waals surface area contributed by atoms with Gasteiger partial charge in [0.2, 0.25) is 18.6 Å². The quantitative estimate of drug-likeness (QED) is 0.685. The fourth-order valence-electron chi connectivity index (χ4n) is 3.08. The van der Waals surface area contributed by atoms with Crippen molar-refractivity contribution < 1.29 is 33.0 Å². The largest absolute Gasteiger partial charge is 0.491 e. The Morgan fingerprint density at radius 1 is 1.23 bits per heavy atom. The van der Waals surface area contributed by atoms with Gasteiger partial charge in [0, 0.05) is 18.7 Å². The smallest absolute Gasteiger partial charge is 0.244 e. The number of nitrogens with one attached hydrogen (secondary N) is 1. The van der Waals surface area contributed by atoms with Crippen LogP contribution in [0.15, 0.2) is 47.1 Å². The van der Waals surface area contributed by atoms with Gasteiger partial charge in [-0.05, 0) is 30.3 Å². The zero-order chi connectivity index (χ0) is 20.8. The Balaban J connectivity index is 1.21. The second-order valence-electron chi connectivity index (χ2n) is 6.73. The molecule has 9 heteroatoms. The maximum atomic E-state index is 12.4. The molecular weight excluding hydrogens is 392 g/mol. The van der Waals surface area contributed by atoms with Crippen LogP contribution in [0.3, 0.4) is 0 Å². The molecule has 1 fully saturated rings. The molecule has 0 radical (unpaired) electrons. The van der Waals surface area contributed by atoms with Crippen LogP contribution in [0.2, 0.25) is 0 Å². The lowest BCUT2D eigenvalue weighted by atomic mass is 10.2. The summed E-state index contributed by atoms with van der Waals surface area (Å²) < 4.78 is 27.2. The van der Waals surface area contributed by atoms with Crippen molar-refractivity contribution in [1.29, 1.82) is 0 Å². The van der Waals surface area contributed by atoms with Crippen molar-refractivity contribution in [2.24, 2.45) is 0 Å². The summed E-state index contributed by atoms with van der Waals surface area (Å²) >= 11 is 0. The third kappa shape index (κ3) is 5.12. The third-order valence-electron chi connectivity index (χ3n) is 4.63. The highest BCUT2D eigenvalue weighted by Crippen LogP contribution is 2.35. The molecule has 1 aromatic heterocycles. The topological polar surface area (TPSA) is 99.5 Å². The van der Waals surface area contributed by atoms with Gasteiger partial charge in [-0.25, -0.2) is 0 Å². The minimum Gasteiger partial charge on any atom is -0.491 e. The predicted octanol–water partition coefficient (Wildman–Crippen LogP) is 1.44. The van der Waals surface area contributed by atoms with E-state index >= 15 is 0 Å². The van der Waals surface area contributed by atoms with Crippen molar-refractivity contribution in [3.8, 4) is 17.2 Å². The molecule has 1 atom stereocenters. The molecule has 9 nitrogen and oxygen atoms in total. The van der Waals surface area contributed by atoms with Crippen LogP contribution in [0.4, 0.5) is 0 Å². The zero-order valence-corrected chi connectivity index (χ0v) is 16.2. The minimum atomic E-state index is -0.365. The fourth-order valence-corrected chi connectivity index (χ4v) is 3.08. The van der Waals surface area contributed by atoms with E-state index in [1.807, 2.05) is 0 Å². The fraction of sp³-hybridized carbons (Fsp3) is 0.333. The van der Waals surface area contributed by atoms with Crippen LogP contribution >= 0.6 is 0 Å². The summed E-state index contributed by atoms with van der Waals surface area (Å²) in [4.78, 5) is 25.9. The molecular formula is C21H22N2O7. The highest BCUT2D eigenvalue weighted by molar-refractivity contribution is 5.94. The first-order chi connectivity index (χ1) is 14.7. The second kappa shape index (κ2) is 9.36. The van der Waals surface area contributed by atoms with Gasteiger partial charge in [-0.2, -0.15) is 0 Å². The maximum Gasteiger partial charge on any atom is 0.244 e. The number of fused-ring (bicyclic) bond motifs is 1. The Morgan fingerprint density at radius 2 is 2.13 bits per heavy atom. The molecule has 0 spiro atoms. The first-order valence-corrected chi connectivity index (χ1v) is 9.58. The summed E-state index contributed by atoms with van der Waals surface area (Å²) in [6.45, 7) is 1.68. The average molecular weight is 414 g/mol. The first kappa shape index (κ1) is 19.8. The van der Waals surface area contributed by atoms with Crippen LogP contribution < -0.4 is 19.5 Å². The van der Waals surface area contributed by atoms with Gasteiger partial charge in [0.1, 0.15) is 24.2 Å². The minimum absolute atomic E-state index is 0.0862. The molecule has 0 aliphatic carbocycles. The lowest BCUT2D eigenvalue weighted by Crippen LogP contribution is -2.50. The van der Waals surface area contributed by atoms with Gasteiger partial charge in [-0.15, -0.1) is 0 Å². The second-order valence-corrected chi connectivity index (χ2v) is 6.73. The number of morpholine rings is 1. The standard InChI is InChI=1S/C21H22N2O7/c24-20(6-4-15-2-1-8-26-15)22-11-21(25)23-7-9-27-17(12-23)13-28-16-3-5-18-19(10-16)30-14-29-18/h1-6,8,10,17H,7,9,11-14H2,(H,22,24). The number of nitrogens with zero attached hydrogens (tertiary/aromatic N) is 1. The van der Waals surface area contributed by atoms with Crippen molar-refractivity contribution in [2.75, 3.05) is 39.6 Å². The van der Waals surface area contributed by atoms with Gasteiger partial charge in [-0.3, -0.25) is 9.59 Å². The SMILES string of the molecule is O=C(C=Cc1ccco1)NCC(=O)N1CCOC(COc2ccc3c(c2)OCO3)C1. The van der Waals surface area contributed by atoms with Crippen molar-refractivity contribution in [2.45, 2.75) is 6.10 Å². The molecule has 1 aromatic carbocycles. The van der Waals surface area contributed by atoms with E-state index in [4.69, 9.17) is 23.4 Å². The van der Waals surface area contributed by atoms with Gasteiger partial charge < -0.3 is 33.6 Å². The summed E-state index contributed by atoms with van der Waals surface area (Å²) in [6.07, 6.45) is 4.13. The number of hydrogen-bond acceptors (Lipinski definition) is 7. The highest BCUT2D eigenvalue weighted by Gasteiger charge is 2.25. The maximum absolute atomic E-state index is 12.4. The lowest BCUT2D eigenvalue weighted by Gasteiger charge is -2.32. The number of ether oxygens (including phenoxy) is 4. The van der Waals surface area contributed by atoms with E-state index in [-0.39, 0.29) is 31.3 Å². The van der Waals surface area contributed by atoms with Crippen molar-refractivity contribution in [3.05, 3.63) is 48.4 Å². The van der Waals surface area contributed by atoms with Crippen LogP contribution in [0.25, 0.3) is 6.08 Å². The molecule has 0 saturated carbocycles. The van der Waals surface area contributed by atoms with Gasteiger partial charge in [0.05, 0.1) is 26.0 Å². The van der Waals surface area contributed by atoms with E-state index in [1.54, 1.807) is 35.2 Å². The molecule has 1 unspecified atom stereocenters. The summed E-state index contributed by atoms with van der Waals surface area (Å²) in [6, 6.07) is 8.81. The number of carbonyl (C=O) groups is 2. The van der Waals surface area contributed by atoms with Gasteiger partial charge >= 0.3 is 0 Å². The average Bonchev–Trinajstić information content (AvgIpc) is 3.46. The Labute approximate surface area is 173 Å². The third-order valence-corrected chi connectivity index (χ3v) is 4.63. The zero-order valence-electron chi connectivity index (χ0n) is 16.2. The Bertz CT molecular complexity index is 910. The van der Waals surface area contributed by atoms with E-state index in [2.05, 4.69) is 5.32 Å². The monoisotopic (exact) mass is 414 g/mol. The number of furan rings is 1.